The van der Waals surface area contributed by atoms with Crippen molar-refractivity contribution in [3.63, 3.8) is 0 Å². The largest absolute Gasteiger partial charge is 0.444 e. The third-order valence-electron chi connectivity index (χ3n) is 2.90. The first-order valence-electron chi connectivity index (χ1n) is 6.95. The van der Waals surface area contributed by atoms with Gasteiger partial charge in [-0.1, -0.05) is 23.4 Å². The van der Waals surface area contributed by atoms with Crippen LogP contribution in [0.15, 0.2) is 17.6 Å². The third kappa shape index (κ3) is 5.36. The summed E-state index contributed by atoms with van der Waals surface area (Å²) < 4.78 is 5.42. The maximum Gasteiger partial charge on any atom is 0.410 e. The molecule has 1 aliphatic heterocycles. The van der Waals surface area contributed by atoms with Crippen molar-refractivity contribution in [2.24, 2.45) is 0 Å². The molecular weight excluding hydrogens is 310 g/mol. The smallest absolute Gasteiger partial charge is 0.410 e. The first-order chi connectivity index (χ1) is 9.83. The van der Waals surface area contributed by atoms with Gasteiger partial charge >= 0.3 is 6.09 Å². The highest BCUT2D eigenvalue weighted by atomic mass is 35.5. The Hall–Kier alpha value is -1.01. The molecule has 1 fully saturated rings. The van der Waals surface area contributed by atoms with E-state index in [0.29, 0.717) is 16.7 Å². The Morgan fingerprint density at radius 3 is 2.71 bits per heavy atom. The summed E-state index contributed by atoms with van der Waals surface area (Å²) in [6.07, 6.45) is 4.93. The number of ether oxygens (including phenoxy) is 1. The highest BCUT2D eigenvalue weighted by Crippen LogP contribution is 2.28. The predicted octanol–water partition coefficient (Wildman–Crippen LogP) is 3.62. The number of rotatable bonds is 2. The summed E-state index contributed by atoms with van der Waals surface area (Å²) in [5.74, 6) is 0. The van der Waals surface area contributed by atoms with E-state index in [1.807, 2.05) is 20.8 Å². The van der Waals surface area contributed by atoms with Crippen molar-refractivity contribution in [2.75, 3.05) is 13.1 Å². The molecule has 1 aromatic heterocycles. The second-order valence-corrected chi connectivity index (χ2v) is 7.70. The van der Waals surface area contributed by atoms with Crippen LogP contribution in [0.2, 0.25) is 5.02 Å². The van der Waals surface area contributed by atoms with Gasteiger partial charge in [-0.2, -0.15) is 0 Å². The van der Waals surface area contributed by atoms with Crippen molar-refractivity contribution in [2.45, 2.75) is 49.6 Å². The Labute approximate surface area is 134 Å². The Bertz CT molecular complexity index is 490. The number of carbonyl (C=O) groups is 1. The standard InChI is InChI=1S/C14H20ClN3O2S/c1-14(2,3)20-13(19)18-6-4-5-11(9-18)21-12-16-7-10(15)8-17-12/h7-8,11H,4-6,9H2,1-3H3/t11-/m0/s1. The Kier molecular flexibility index (Phi) is 5.32. The summed E-state index contributed by atoms with van der Waals surface area (Å²) in [7, 11) is 0. The zero-order chi connectivity index (χ0) is 15.5. The van der Waals surface area contributed by atoms with Crippen molar-refractivity contribution in [1.82, 2.24) is 14.9 Å². The van der Waals surface area contributed by atoms with E-state index in [1.54, 1.807) is 29.1 Å². The third-order valence-corrected chi connectivity index (χ3v) is 4.23. The molecule has 0 unspecified atom stereocenters. The molecule has 0 radical (unpaired) electrons. The number of thioether (sulfide) groups is 1. The number of piperidine rings is 1. The van der Waals surface area contributed by atoms with Gasteiger partial charge in [-0.3, -0.25) is 0 Å². The molecule has 1 aliphatic rings. The van der Waals surface area contributed by atoms with Crippen molar-refractivity contribution in [3.8, 4) is 0 Å². The van der Waals surface area contributed by atoms with Gasteiger partial charge in [0.25, 0.3) is 0 Å². The van der Waals surface area contributed by atoms with Crippen molar-refractivity contribution in [1.29, 1.82) is 0 Å². The number of amides is 1. The van der Waals surface area contributed by atoms with Crippen LogP contribution in [0, 0.1) is 0 Å². The summed E-state index contributed by atoms with van der Waals surface area (Å²) in [6, 6.07) is 0. The summed E-state index contributed by atoms with van der Waals surface area (Å²) in [5.41, 5.74) is -0.462. The fourth-order valence-electron chi connectivity index (χ4n) is 2.04. The Morgan fingerprint density at radius 1 is 1.43 bits per heavy atom. The second-order valence-electron chi connectivity index (χ2n) is 5.99. The van der Waals surface area contributed by atoms with Gasteiger partial charge in [0.1, 0.15) is 5.60 Å². The predicted molar refractivity (Wildman–Crippen MR) is 83.7 cm³/mol. The molecule has 0 N–H and O–H groups in total. The highest BCUT2D eigenvalue weighted by Gasteiger charge is 2.28. The minimum absolute atomic E-state index is 0.246. The van der Waals surface area contributed by atoms with Crippen LogP contribution in [0.5, 0.6) is 0 Å². The molecular formula is C14H20ClN3O2S. The van der Waals surface area contributed by atoms with E-state index in [0.717, 1.165) is 19.4 Å². The molecule has 2 heterocycles. The van der Waals surface area contributed by atoms with Crippen LogP contribution in [0.1, 0.15) is 33.6 Å². The Balaban J connectivity index is 1.91. The zero-order valence-corrected chi connectivity index (χ0v) is 14.1. The molecule has 0 aromatic carbocycles. The van der Waals surface area contributed by atoms with E-state index in [9.17, 15) is 4.79 Å². The van der Waals surface area contributed by atoms with Crippen LogP contribution in [-0.2, 0) is 4.74 Å². The fraction of sp³-hybridized carbons (Fsp3) is 0.643. The molecule has 116 valence electrons. The highest BCUT2D eigenvalue weighted by molar-refractivity contribution is 7.99. The molecule has 1 saturated heterocycles. The van der Waals surface area contributed by atoms with E-state index < -0.39 is 5.60 Å². The number of hydrogen-bond acceptors (Lipinski definition) is 5. The first-order valence-corrected chi connectivity index (χ1v) is 8.21. The van der Waals surface area contributed by atoms with Gasteiger partial charge in [-0.05, 0) is 33.6 Å². The minimum Gasteiger partial charge on any atom is -0.444 e. The molecule has 1 amide bonds. The molecule has 5 nitrogen and oxygen atoms in total. The van der Waals surface area contributed by atoms with Gasteiger partial charge in [0.05, 0.1) is 17.4 Å². The lowest BCUT2D eigenvalue weighted by atomic mass is 10.1. The summed E-state index contributed by atoms with van der Waals surface area (Å²) >= 11 is 7.36. The van der Waals surface area contributed by atoms with Crippen LogP contribution in [0.3, 0.4) is 0 Å². The molecule has 0 bridgehead atoms. The maximum absolute atomic E-state index is 12.1. The summed E-state index contributed by atoms with van der Waals surface area (Å²) in [5, 5.41) is 1.50. The van der Waals surface area contributed by atoms with E-state index in [4.69, 9.17) is 16.3 Å². The number of halogens is 1. The van der Waals surface area contributed by atoms with Gasteiger partial charge in [-0.25, -0.2) is 14.8 Å². The Morgan fingerprint density at radius 2 is 2.10 bits per heavy atom. The second kappa shape index (κ2) is 6.83. The lowest BCUT2D eigenvalue weighted by molar-refractivity contribution is 0.0220. The molecule has 0 saturated carbocycles. The lowest BCUT2D eigenvalue weighted by Gasteiger charge is -2.33. The van der Waals surface area contributed by atoms with E-state index in [-0.39, 0.29) is 11.3 Å². The van der Waals surface area contributed by atoms with Gasteiger partial charge < -0.3 is 9.64 Å². The molecule has 1 aromatic rings. The fourth-order valence-corrected chi connectivity index (χ4v) is 3.20. The van der Waals surface area contributed by atoms with Crippen LogP contribution in [0.4, 0.5) is 4.79 Å². The topological polar surface area (TPSA) is 55.3 Å². The van der Waals surface area contributed by atoms with Crippen LogP contribution in [-0.4, -0.2) is 44.9 Å². The zero-order valence-electron chi connectivity index (χ0n) is 12.5. The van der Waals surface area contributed by atoms with Crippen LogP contribution in [0.25, 0.3) is 0 Å². The number of carbonyl (C=O) groups excluding carboxylic acids is 1. The minimum atomic E-state index is -0.462. The average Bonchev–Trinajstić information content (AvgIpc) is 2.40. The summed E-state index contributed by atoms with van der Waals surface area (Å²) in [6.45, 7) is 7.03. The first kappa shape index (κ1) is 16.4. The maximum atomic E-state index is 12.1. The normalized spacial score (nSPS) is 19.4. The van der Waals surface area contributed by atoms with Gasteiger partial charge in [0, 0.05) is 18.3 Å². The molecule has 2 rings (SSSR count). The van der Waals surface area contributed by atoms with Gasteiger partial charge in [0.15, 0.2) is 5.16 Å². The van der Waals surface area contributed by atoms with Crippen molar-refractivity contribution >= 4 is 29.5 Å². The van der Waals surface area contributed by atoms with Crippen LogP contribution < -0.4 is 0 Å². The number of hydrogen-bond donors (Lipinski definition) is 0. The number of nitrogens with zero attached hydrogens (tertiary/aromatic N) is 3. The van der Waals surface area contributed by atoms with Crippen LogP contribution >= 0.6 is 23.4 Å². The van der Waals surface area contributed by atoms with E-state index >= 15 is 0 Å². The average molecular weight is 330 g/mol. The van der Waals surface area contributed by atoms with E-state index in [1.165, 1.54) is 0 Å². The van der Waals surface area contributed by atoms with E-state index in [2.05, 4.69) is 9.97 Å². The molecule has 1 atom stereocenters. The number of likely N-dealkylation sites (tertiary alicyclic amines) is 1. The van der Waals surface area contributed by atoms with Gasteiger partial charge in [0.2, 0.25) is 0 Å². The number of aromatic nitrogens is 2. The monoisotopic (exact) mass is 329 g/mol. The van der Waals surface area contributed by atoms with Crippen molar-refractivity contribution in [3.05, 3.63) is 17.4 Å². The molecule has 21 heavy (non-hydrogen) atoms. The summed E-state index contributed by atoms with van der Waals surface area (Å²) in [4.78, 5) is 22.2. The quantitative estimate of drug-likeness (QED) is 0.776. The molecule has 0 spiro atoms. The van der Waals surface area contributed by atoms with Crippen molar-refractivity contribution < 1.29 is 9.53 Å². The lowest BCUT2D eigenvalue weighted by Crippen LogP contribution is -2.43. The molecule has 7 heteroatoms. The molecule has 0 aliphatic carbocycles. The van der Waals surface area contributed by atoms with Gasteiger partial charge in [-0.15, -0.1) is 0 Å². The SMILES string of the molecule is CC(C)(C)OC(=O)N1CCC[C@H](Sc2ncc(Cl)cn2)C1.